The molecule has 2 aromatic rings. The Labute approximate surface area is 165 Å². The number of aromatic nitrogens is 1. The highest BCUT2D eigenvalue weighted by molar-refractivity contribution is 6.00. The zero-order valence-electron chi connectivity index (χ0n) is 16.2. The van der Waals surface area contributed by atoms with Crippen molar-refractivity contribution >= 4 is 11.6 Å². The number of allylic oxidation sites excluding steroid dienone is 2. The molecule has 5 heteroatoms. The lowest BCUT2D eigenvalue weighted by Gasteiger charge is -2.27. The van der Waals surface area contributed by atoms with E-state index in [0.717, 1.165) is 23.1 Å². The van der Waals surface area contributed by atoms with Gasteiger partial charge < -0.3 is 10.4 Å². The van der Waals surface area contributed by atoms with Crippen LogP contribution in [-0.2, 0) is 0 Å². The third-order valence-corrected chi connectivity index (χ3v) is 4.80. The van der Waals surface area contributed by atoms with Gasteiger partial charge in [-0.1, -0.05) is 42.5 Å². The highest BCUT2D eigenvalue weighted by atomic mass is 16.3. The van der Waals surface area contributed by atoms with E-state index in [1.807, 2.05) is 56.3 Å². The molecule has 1 heterocycles. The highest BCUT2D eigenvalue weighted by Gasteiger charge is 2.28. The molecule has 1 aliphatic rings. The minimum atomic E-state index is -0.439. The van der Waals surface area contributed by atoms with Crippen molar-refractivity contribution in [3.63, 3.8) is 0 Å². The zero-order valence-corrected chi connectivity index (χ0v) is 16.2. The maximum Gasteiger partial charge on any atom is 0.270 e. The normalized spacial score (nSPS) is 17.1. The van der Waals surface area contributed by atoms with Gasteiger partial charge in [-0.2, -0.15) is 0 Å². The van der Waals surface area contributed by atoms with Crippen LogP contribution in [0.5, 0.6) is 0 Å². The van der Waals surface area contributed by atoms with Crippen LogP contribution < -0.4 is 5.32 Å². The van der Waals surface area contributed by atoms with Gasteiger partial charge in [-0.25, -0.2) is 0 Å². The van der Waals surface area contributed by atoms with Crippen LogP contribution in [0.1, 0.15) is 53.8 Å². The third kappa shape index (κ3) is 4.36. The molecule has 0 aliphatic heterocycles. The lowest BCUT2D eigenvalue weighted by Crippen LogP contribution is -2.33. The first-order chi connectivity index (χ1) is 13.6. The first-order valence-electron chi connectivity index (χ1n) is 9.49. The van der Waals surface area contributed by atoms with Crippen molar-refractivity contribution in [3.8, 4) is 0 Å². The van der Waals surface area contributed by atoms with Crippen LogP contribution >= 0.6 is 0 Å². The number of pyridine rings is 1. The number of rotatable bonds is 5. The second-order valence-corrected chi connectivity index (χ2v) is 6.77. The van der Waals surface area contributed by atoms with Gasteiger partial charge in [0.25, 0.3) is 5.91 Å². The predicted molar refractivity (Wildman–Crippen MR) is 111 cm³/mol. The van der Waals surface area contributed by atoms with Crippen molar-refractivity contribution in [3.05, 3.63) is 89.1 Å². The predicted octanol–water partition coefficient (Wildman–Crippen LogP) is 4.83. The Morgan fingerprint density at radius 2 is 2.00 bits per heavy atom. The van der Waals surface area contributed by atoms with Crippen LogP contribution in [0.15, 0.2) is 77.3 Å². The van der Waals surface area contributed by atoms with Crippen LogP contribution in [0, 0.1) is 6.92 Å². The largest absolute Gasteiger partial charge is 0.506 e. The fourth-order valence-corrected chi connectivity index (χ4v) is 3.38. The summed E-state index contributed by atoms with van der Waals surface area (Å²) in [6.07, 6.45) is 7.41. The van der Waals surface area contributed by atoms with Gasteiger partial charge in [-0.3, -0.25) is 14.8 Å². The number of carbonyl (C=O) groups is 1. The van der Waals surface area contributed by atoms with E-state index < -0.39 is 6.04 Å². The molecule has 0 saturated heterocycles. The van der Waals surface area contributed by atoms with Crippen molar-refractivity contribution in [2.24, 2.45) is 4.99 Å². The lowest BCUT2D eigenvalue weighted by molar-refractivity contribution is 0.0935. The summed E-state index contributed by atoms with van der Waals surface area (Å²) in [4.78, 5) is 21.5. The van der Waals surface area contributed by atoms with Gasteiger partial charge in [0.1, 0.15) is 11.5 Å². The Morgan fingerprint density at radius 3 is 2.71 bits per heavy atom. The minimum Gasteiger partial charge on any atom is -0.506 e. The molecule has 0 bridgehead atoms. The summed E-state index contributed by atoms with van der Waals surface area (Å²) in [5.41, 5.74) is 3.55. The number of aliphatic hydroxyl groups is 1. The summed E-state index contributed by atoms with van der Waals surface area (Å²) in [5.74, 6) is -0.0824. The van der Waals surface area contributed by atoms with Crippen molar-refractivity contribution in [1.29, 1.82) is 0 Å². The Hall–Kier alpha value is -3.21. The second kappa shape index (κ2) is 9.13. The molecule has 0 fully saturated rings. The average molecular weight is 375 g/mol. The molecule has 0 saturated carbocycles. The molecule has 28 heavy (non-hydrogen) atoms. The van der Waals surface area contributed by atoms with Crippen molar-refractivity contribution in [1.82, 2.24) is 10.3 Å². The second-order valence-electron chi connectivity index (χ2n) is 6.77. The van der Waals surface area contributed by atoms with E-state index in [1.165, 1.54) is 0 Å². The molecule has 2 N–H and O–H groups in total. The van der Waals surface area contributed by atoms with Gasteiger partial charge >= 0.3 is 0 Å². The molecule has 1 amide bonds. The molecular formula is C23H25N3O2. The summed E-state index contributed by atoms with van der Waals surface area (Å²) in [7, 11) is 0. The third-order valence-electron chi connectivity index (χ3n) is 4.80. The number of aryl methyl sites for hydroxylation is 1. The monoisotopic (exact) mass is 375 g/mol. The summed E-state index contributed by atoms with van der Waals surface area (Å²) in [6.45, 7) is 3.75. The van der Waals surface area contributed by atoms with Crippen molar-refractivity contribution < 1.29 is 9.90 Å². The maximum atomic E-state index is 12.9. The number of hydrogen-bond donors (Lipinski definition) is 2. The average Bonchev–Trinajstić information content (AvgIpc) is 2.72. The topological polar surface area (TPSA) is 74.6 Å². The lowest BCUT2D eigenvalue weighted by atomic mass is 9.87. The first-order valence-corrected chi connectivity index (χ1v) is 9.49. The number of aliphatic imine (C=N–C) groups is 1. The van der Waals surface area contributed by atoms with Gasteiger partial charge in [-0.05, 0) is 50.3 Å². The summed E-state index contributed by atoms with van der Waals surface area (Å²) in [5, 5.41) is 13.9. The quantitative estimate of drug-likeness (QED) is 0.786. The van der Waals surface area contributed by atoms with E-state index in [-0.39, 0.29) is 11.7 Å². The van der Waals surface area contributed by atoms with E-state index >= 15 is 0 Å². The number of aliphatic hydroxyl groups excluding tert-OH is 1. The van der Waals surface area contributed by atoms with E-state index in [2.05, 4.69) is 15.3 Å². The number of carbonyl (C=O) groups excluding carboxylic acids is 1. The SMILES string of the molecule is C/C=C\N=C1CCCC(C(NC(=O)c2ncccc2C)c2ccccc2)=C1O. The van der Waals surface area contributed by atoms with Gasteiger partial charge in [-0.15, -0.1) is 0 Å². The number of nitrogens with one attached hydrogen (secondary N) is 1. The van der Waals surface area contributed by atoms with Gasteiger partial charge in [0.2, 0.25) is 0 Å². The Morgan fingerprint density at radius 1 is 1.21 bits per heavy atom. The maximum absolute atomic E-state index is 12.9. The number of benzene rings is 1. The van der Waals surface area contributed by atoms with Crippen LogP contribution in [0.3, 0.4) is 0 Å². The molecule has 1 aromatic heterocycles. The molecule has 1 aromatic carbocycles. The number of hydrogen-bond acceptors (Lipinski definition) is 4. The molecule has 1 atom stereocenters. The molecule has 3 rings (SSSR count). The van der Waals surface area contributed by atoms with E-state index in [1.54, 1.807) is 18.5 Å². The van der Waals surface area contributed by atoms with Crippen molar-refractivity contribution in [2.75, 3.05) is 0 Å². The smallest absolute Gasteiger partial charge is 0.270 e. The summed E-state index contributed by atoms with van der Waals surface area (Å²) in [6, 6.07) is 12.9. The minimum absolute atomic E-state index is 0.177. The molecule has 0 spiro atoms. The molecular weight excluding hydrogens is 350 g/mol. The first kappa shape index (κ1) is 19.5. The Bertz CT molecular complexity index is 930. The van der Waals surface area contributed by atoms with Crippen LogP contribution in [0.25, 0.3) is 0 Å². The molecule has 144 valence electrons. The highest BCUT2D eigenvalue weighted by Crippen LogP contribution is 2.32. The van der Waals surface area contributed by atoms with Crippen LogP contribution in [0.2, 0.25) is 0 Å². The van der Waals surface area contributed by atoms with Crippen LogP contribution in [0.4, 0.5) is 0 Å². The van der Waals surface area contributed by atoms with Gasteiger partial charge in [0.05, 0.1) is 11.8 Å². The molecule has 1 unspecified atom stereocenters. The van der Waals surface area contributed by atoms with Gasteiger partial charge in [0, 0.05) is 18.0 Å². The Kier molecular flexibility index (Phi) is 6.37. The van der Waals surface area contributed by atoms with E-state index in [0.29, 0.717) is 24.2 Å². The number of nitrogens with zero attached hydrogens (tertiary/aromatic N) is 2. The van der Waals surface area contributed by atoms with Crippen LogP contribution in [-0.4, -0.2) is 21.7 Å². The molecule has 1 aliphatic carbocycles. The van der Waals surface area contributed by atoms with Gasteiger partial charge in [0.15, 0.2) is 0 Å². The standard InChI is InChI=1S/C23H25N3O2/c1-3-14-24-19-13-7-12-18(22(19)27)21(17-10-5-4-6-11-17)26-23(28)20-16(2)9-8-15-25-20/h3-6,8-11,14-15,21,27H,7,12-13H2,1-2H3,(H,26,28)/b14-3-,24-19?. The molecule has 5 nitrogen and oxygen atoms in total. The molecule has 0 radical (unpaired) electrons. The summed E-state index contributed by atoms with van der Waals surface area (Å²) < 4.78 is 0. The van der Waals surface area contributed by atoms with E-state index in [4.69, 9.17) is 0 Å². The number of amides is 1. The Balaban J connectivity index is 2.01. The summed E-state index contributed by atoms with van der Waals surface area (Å²) >= 11 is 0. The fourth-order valence-electron chi connectivity index (χ4n) is 3.38. The van der Waals surface area contributed by atoms with E-state index in [9.17, 15) is 9.90 Å². The fraction of sp³-hybridized carbons (Fsp3) is 0.261. The zero-order chi connectivity index (χ0) is 19.9. The van der Waals surface area contributed by atoms with Crippen molar-refractivity contribution in [2.45, 2.75) is 39.2 Å².